The SMILES string of the molecule is O=[N+]([O-])CCP(=O)(OCCCl)OCCCl. The predicted octanol–water partition coefficient (Wildman–Crippen LogP) is 1.97. The van der Waals surface area contributed by atoms with Crippen LogP contribution in [0.4, 0.5) is 0 Å². The summed E-state index contributed by atoms with van der Waals surface area (Å²) in [5.41, 5.74) is 0. The fraction of sp³-hybridized carbons (Fsp3) is 1.00. The van der Waals surface area contributed by atoms with Crippen LogP contribution in [0.15, 0.2) is 0 Å². The van der Waals surface area contributed by atoms with E-state index in [0.29, 0.717) is 0 Å². The third-order valence-corrected chi connectivity index (χ3v) is 3.49. The molecule has 0 atom stereocenters. The molecule has 0 fully saturated rings. The van der Waals surface area contributed by atoms with Crippen LogP contribution < -0.4 is 0 Å². The second-order valence-corrected chi connectivity index (χ2v) is 5.38. The number of alkyl halides is 2. The summed E-state index contributed by atoms with van der Waals surface area (Å²) in [5.74, 6) is 0.291. The lowest BCUT2D eigenvalue weighted by atomic mass is 10.8. The molecule has 0 radical (unpaired) electrons. The van der Waals surface area contributed by atoms with Gasteiger partial charge in [0.1, 0.15) is 6.16 Å². The first-order valence-corrected chi connectivity index (χ1v) is 6.95. The van der Waals surface area contributed by atoms with Crippen molar-refractivity contribution in [3.8, 4) is 0 Å². The lowest BCUT2D eigenvalue weighted by Gasteiger charge is -2.15. The first-order valence-electron chi connectivity index (χ1n) is 4.16. The van der Waals surface area contributed by atoms with Gasteiger partial charge in [0.25, 0.3) is 0 Å². The summed E-state index contributed by atoms with van der Waals surface area (Å²) in [6.45, 7) is -0.417. The standard InChI is InChI=1S/C6H12Cl2NO5P/c7-1-4-13-15(12,14-5-2-8)6-3-9(10)11/h1-6H2. The van der Waals surface area contributed by atoms with Crippen molar-refractivity contribution in [2.45, 2.75) is 0 Å². The molecule has 0 unspecified atom stereocenters. The van der Waals surface area contributed by atoms with Crippen molar-refractivity contribution in [2.75, 3.05) is 37.7 Å². The summed E-state index contributed by atoms with van der Waals surface area (Å²) >= 11 is 10.7. The summed E-state index contributed by atoms with van der Waals surface area (Å²) in [4.78, 5) is 9.53. The number of halogens is 2. The lowest BCUT2D eigenvalue weighted by molar-refractivity contribution is -0.475. The minimum Gasteiger partial charge on any atom is -0.307 e. The number of rotatable bonds is 9. The molecular weight excluding hydrogens is 268 g/mol. The second kappa shape index (κ2) is 8.30. The van der Waals surface area contributed by atoms with Gasteiger partial charge in [0.05, 0.1) is 13.2 Å². The molecular formula is C6H12Cl2NO5P. The highest BCUT2D eigenvalue weighted by Gasteiger charge is 2.26. The van der Waals surface area contributed by atoms with Gasteiger partial charge >= 0.3 is 7.60 Å². The maximum atomic E-state index is 11.8. The highest BCUT2D eigenvalue weighted by molar-refractivity contribution is 7.53. The minimum atomic E-state index is -3.42. The number of nitrogens with zero attached hydrogens (tertiary/aromatic N) is 1. The van der Waals surface area contributed by atoms with E-state index in [-0.39, 0.29) is 31.1 Å². The molecule has 0 aliphatic rings. The van der Waals surface area contributed by atoms with Crippen molar-refractivity contribution in [3.63, 3.8) is 0 Å². The van der Waals surface area contributed by atoms with E-state index in [9.17, 15) is 14.7 Å². The molecule has 0 saturated carbocycles. The third kappa shape index (κ3) is 7.99. The Hall–Kier alpha value is 0.130. The van der Waals surface area contributed by atoms with Gasteiger partial charge in [-0.05, 0) is 0 Å². The van der Waals surface area contributed by atoms with Crippen molar-refractivity contribution >= 4 is 30.8 Å². The zero-order valence-electron chi connectivity index (χ0n) is 7.93. The maximum Gasteiger partial charge on any atom is 0.337 e. The van der Waals surface area contributed by atoms with Crippen LogP contribution in [0.1, 0.15) is 0 Å². The van der Waals surface area contributed by atoms with E-state index in [1.165, 1.54) is 0 Å². The molecule has 0 rings (SSSR count). The van der Waals surface area contributed by atoms with Gasteiger partial charge in [-0.3, -0.25) is 14.7 Å². The Bertz CT molecular complexity index is 228. The third-order valence-electron chi connectivity index (χ3n) is 1.29. The largest absolute Gasteiger partial charge is 0.337 e. The average molecular weight is 280 g/mol. The van der Waals surface area contributed by atoms with Crippen molar-refractivity contribution in [1.82, 2.24) is 0 Å². The summed E-state index contributed by atoms with van der Waals surface area (Å²) in [6, 6.07) is 0. The Balaban J connectivity index is 4.13. The van der Waals surface area contributed by atoms with E-state index < -0.39 is 19.1 Å². The van der Waals surface area contributed by atoms with Crippen LogP contribution in [0.3, 0.4) is 0 Å². The lowest BCUT2D eigenvalue weighted by Crippen LogP contribution is -2.11. The molecule has 0 aromatic rings. The Morgan fingerprint density at radius 1 is 1.20 bits per heavy atom. The van der Waals surface area contributed by atoms with Crippen LogP contribution >= 0.6 is 30.8 Å². The predicted molar refractivity (Wildman–Crippen MR) is 57.7 cm³/mol. The number of nitro groups is 1. The zero-order valence-corrected chi connectivity index (χ0v) is 10.3. The van der Waals surface area contributed by atoms with Gasteiger partial charge < -0.3 is 9.05 Å². The molecule has 15 heavy (non-hydrogen) atoms. The Kier molecular flexibility index (Phi) is 8.37. The Morgan fingerprint density at radius 3 is 2.00 bits per heavy atom. The second-order valence-electron chi connectivity index (χ2n) is 2.44. The van der Waals surface area contributed by atoms with Gasteiger partial charge in [0.2, 0.25) is 6.54 Å². The van der Waals surface area contributed by atoms with Gasteiger partial charge in [-0.15, -0.1) is 23.2 Å². The molecule has 0 amide bonds. The number of hydrogen-bond acceptors (Lipinski definition) is 5. The monoisotopic (exact) mass is 279 g/mol. The van der Waals surface area contributed by atoms with Crippen LogP contribution in [0.5, 0.6) is 0 Å². The topological polar surface area (TPSA) is 78.7 Å². The van der Waals surface area contributed by atoms with Crippen LogP contribution in [-0.2, 0) is 13.6 Å². The quantitative estimate of drug-likeness (QED) is 0.279. The first-order chi connectivity index (χ1) is 7.04. The minimum absolute atomic E-state index is 0.0266. The Morgan fingerprint density at radius 2 is 1.67 bits per heavy atom. The van der Waals surface area contributed by atoms with Crippen LogP contribution in [0.2, 0.25) is 0 Å². The van der Waals surface area contributed by atoms with Gasteiger partial charge in [0, 0.05) is 16.7 Å². The molecule has 9 heteroatoms. The van der Waals surface area contributed by atoms with Gasteiger partial charge in [-0.2, -0.15) is 0 Å². The molecule has 0 aromatic heterocycles. The van der Waals surface area contributed by atoms with E-state index in [1.807, 2.05) is 0 Å². The van der Waals surface area contributed by atoms with Gasteiger partial charge in [-0.25, -0.2) is 0 Å². The van der Waals surface area contributed by atoms with E-state index in [1.54, 1.807) is 0 Å². The van der Waals surface area contributed by atoms with Crippen molar-refractivity contribution in [1.29, 1.82) is 0 Å². The first kappa shape index (κ1) is 15.1. The molecule has 0 heterocycles. The smallest absolute Gasteiger partial charge is 0.307 e. The normalized spacial score (nSPS) is 11.6. The van der Waals surface area contributed by atoms with Crippen molar-refractivity contribution in [3.05, 3.63) is 10.1 Å². The summed E-state index contributed by atoms with van der Waals surface area (Å²) < 4.78 is 21.5. The molecule has 0 saturated heterocycles. The van der Waals surface area contributed by atoms with Crippen molar-refractivity contribution < 1.29 is 18.5 Å². The van der Waals surface area contributed by atoms with Crippen LogP contribution in [-0.4, -0.2) is 42.6 Å². The van der Waals surface area contributed by atoms with Gasteiger partial charge in [0.15, 0.2) is 0 Å². The van der Waals surface area contributed by atoms with Gasteiger partial charge in [-0.1, -0.05) is 0 Å². The summed E-state index contributed by atoms with van der Waals surface area (Å²) in [5, 5.41) is 10.1. The summed E-state index contributed by atoms with van der Waals surface area (Å²) in [6.07, 6.45) is -0.270. The molecule has 0 aliphatic heterocycles. The van der Waals surface area contributed by atoms with Crippen LogP contribution in [0, 0.1) is 10.1 Å². The zero-order chi connectivity index (χ0) is 11.7. The highest BCUT2D eigenvalue weighted by Crippen LogP contribution is 2.47. The van der Waals surface area contributed by atoms with Crippen molar-refractivity contribution in [2.24, 2.45) is 0 Å². The van der Waals surface area contributed by atoms with Crippen LogP contribution in [0.25, 0.3) is 0 Å². The molecule has 0 aromatic carbocycles. The fourth-order valence-corrected chi connectivity index (χ4v) is 2.57. The van der Waals surface area contributed by atoms with E-state index in [2.05, 4.69) is 0 Å². The average Bonchev–Trinajstić information content (AvgIpc) is 2.21. The summed E-state index contributed by atoms with van der Waals surface area (Å²) in [7, 11) is -3.42. The van der Waals surface area contributed by atoms with E-state index in [4.69, 9.17) is 32.2 Å². The molecule has 0 N–H and O–H groups in total. The Labute approximate surface area is 97.5 Å². The van der Waals surface area contributed by atoms with E-state index in [0.717, 1.165) is 0 Å². The molecule has 0 aliphatic carbocycles. The van der Waals surface area contributed by atoms with E-state index >= 15 is 0 Å². The molecule has 0 spiro atoms. The fourth-order valence-electron chi connectivity index (χ4n) is 0.718. The molecule has 6 nitrogen and oxygen atoms in total. The molecule has 90 valence electrons. The molecule has 0 bridgehead atoms. The highest BCUT2D eigenvalue weighted by atomic mass is 35.5. The maximum absolute atomic E-state index is 11.8. The number of hydrogen-bond donors (Lipinski definition) is 0.